The molecule has 0 bridgehead atoms. The van der Waals surface area contributed by atoms with Crippen molar-refractivity contribution in [1.29, 1.82) is 0 Å². The first-order valence-electron chi connectivity index (χ1n) is 9.13. The fraction of sp³-hybridized carbons (Fsp3) is 0.700. The Balaban J connectivity index is 0.000000261. The molecule has 126 valence electrons. The van der Waals surface area contributed by atoms with Crippen LogP contribution in [0.1, 0.15) is 58.4 Å². The van der Waals surface area contributed by atoms with E-state index in [1.807, 2.05) is 0 Å². The number of rotatable bonds is 6. The zero-order valence-electron chi connectivity index (χ0n) is 15.2. The van der Waals surface area contributed by atoms with E-state index in [1.165, 1.54) is 63.8 Å². The van der Waals surface area contributed by atoms with Gasteiger partial charge in [0, 0.05) is 0 Å². The Morgan fingerprint density at radius 2 is 1.50 bits per heavy atom. The number of hydrogen-bond donors (Lipinski definition) is 1. The number of nitrogens with zero attached hydrogens (tertiary/aromatic N) is 1. The van der Waals surface area contributed by atoms with Crippen molar-refractivity contribution in [2.75, 3.05) is 33.2 Å². The maximum Gasteiger partial charge on any atom is -0.00244 e. The molecule has 1 saturated heterocycles. The van der Waals surface area contributed by atoms with Crippen LogP contribution in [0, 0.1) is 0 Å². The summed E-state index contributed by atoms with van der Waals surface area (Å²) in [6.07, 6.45) is 6.38. The molecule has 1 aliphatic rings. The van der Waals surface area contributed by atoms with Crippen molar-refractivity contribution in [1.82, 2.24) is 10.2 Å². The largest absolute Gasteiger partial charge is 0.317 e. The number of piperidine rings is 1. The average molecular weight is 305 g/mol. The summed E-state index contributed by atoms with van der Waals surface area (Å²) in [6, 6.07) is 11.0. The van der Waals surface area contributed by atoms with E-state index >= 15 is 0 Å². The Kier molecular flexibility index (Phi) is 9.42. The molecular formula is C20H36N2. The zero-order valence-corrected chi connectivity index (χ0v) is 15.2. The third-order valence-corrected chi connectivity index (χ3v) is 4.83. The van der Waals surface area contributed by atoms with Crippen molar-refractivity contribution in [3.63, 3.8) is 0 Å². The molecule has 1 fully saturated rings. The van der Waals surface area contributed by atoms with Gasteiger partial charge in [-0.1, -0.05) is 51.1 Å². The summed E-state index contributed by atoms with van der Waals surface area (Å²) >= 11 is 0. The van der Waals surface area contributed by atoms with Gasteiger partial charge in [0.1, 0.15) is 0 Å². The lowest BCUT2D eigenvalue weighted by Gasteiger charge is -2.37. The maximum absolute atomic E-state index is 3.44. The summed E-state index contributed by atoms with van der Waals surface area (Å²) in [4.78, 5) is 2.36. The zero-order chi connectivity index (χ0) is 16.3. The van der Waals surface area contributed by atoms with Crippen molar-refractivity contribution in [3.05, 3.63) is 35.9 Å². The molecule has 22 heavy (non-hydrogen) atoms. The van der Waals surface area contributed by atoms with Crippen LogP contribution in [-0.2, 0) is 5.41 Å². The molecule has 1 aliphatic heterocycles. The quantitative estimate of drug-likeness (QED) is 0.835. The Bertz CT molecular complexity index is 363. The highest BCUT2D eigenvalue weighted by molar-refractivity contribution is 5.26. The minimum absolute atomic E-state index is 0.451. The van der Waals surface area contributed by atoms with Crippen molar-refractivity contribution < 1.29 is 0 Å². The second kappa shape index (κ2) is 10.8. The predicted molar refractivity (Wildman–Crippen MR) is 98.6 cm³/mol. The van der Waals surface area contributed by atoms with Gasteiger partial charge in [0.15, 0.2) is 0 Å². The topological polar surface area (TPSA) is 15.3 Å². The highest BCUT2D eigenvalue weighted by atomic mass is 15.1. The fourth-order valence-corrected chi connectivity index (χ4v) is 3.42. The molecule has 2 heteroatoms. The van der Waals surface area contributed by atoms with Crippen LogP contribution in [0.4, 0.5) is 0 Å². The SMILES string of the molecule is CCC1(c2ccccc2)CCNCC1.CCCN(C)CCC. The molecule has 0 amide bonds. The maximum atomic E-state index is 3.44. The lowest BCUT2D eigenvalue weighted by Crippen LogP contribution is -2.39. The molecule has 0 saturated carbocycles. The molecule has 1 N–H and O–H groups in total. The summed E-state index contributed by atoms with van der Waals surface area (Å²) in [5.41, 5.74) is 1.98. The third kappa shape index (κ3) is 6.10. The van der Waals surface area contributed by atoms with Gasteiger partial charge < -0.3 is 10.2 Å². The van der Waals surface area contributed by atoms with Crippen LogP contribution in [0.3, 0.4) is 0 Å². The van der Waals surface area contributed by atoms with E-state index in [4.69, 9.17) is 0 Å². The summed E-state index contributed by atoms with van der Waals surface area (Å²) in [5.74, 6) is 0. The van der Waals surface area contributed by atoms with Crippen LogP contribution in [0.5, 0.6) is 0 Å². The molecule has 2 nitrogen and oxygen atoms in total. The van der Waals surface area contributed by atoms with E-state index in [0.717, 1.165) is 0 Å². The molecule has 0 unspecified atom stereocenters. The standard InChI is InChI=1S/C13H19N.C7H17N/c1-2-13(8-10-14-11-9-13)12-6-4-3-5-7-12;1-4-6-8(3)7-5-2/h3-7,14H,2,8-11H2,1H3;4-7H2,1-3H3. The first-order chi connectivity index (χ1) is 10.7. The van der Waals surface area contributed by atoms with Crippen molar-refractivity contribution in [3.8, 4) is 0 Å². The molecule has 2 rings (SSSR count). The Hall–Kier alpha value is -0.860. The molecule has 1 aromatic rings. The number of hydrogen-bond acceptors (Lipinski definition) is 2. The van der Waals surface area contributed by atoms with Gasteiger partial charge >= 0.3 is 0 Å². The second-order valence-electron chi connectivity index (χ2n) is 6.55. The molecule has 0 spiro atoms. The Morgan fingerprint density at radius 3 is 1.95 bits per heavy atom. The molecule has 1 aromatic carbocycles. The van der Waals surface area contributed by atoms with Gasteiger partial charge in [0.05, 0.1) is 0 Å². The monoisotopic (exact) mass is 304 g/mol. The fourth-order valence-electron chi connectivity index (χ4n) is 3.42. The van der Waals surface area contributed by atoms with Crippen LogP contribution in [0.25, 0.3) is 0 Å². The van der Waals surface area contributed by atoms with Gasteiger partial charge in [-0.15, -0.1) is 0 Å². The van der Waals surface area contributed by atoms with Gasteiger partial charge in [-0.05, 0) is 76.3 Å². The van der Waals surface area contributed by atoms with Crippen LogP contribution in [-0.4, -0.2) is 38.1 Å². The van der Waals surface area contributed by atoms with E-state index in [2.05, 4.69) is 68.4 Å². The summed E-state index contributed by atoms with van der Waals surface area (Å²) in [7, 11) is 2.17. The highest BCUT2D eigenvalue weighted by Crippen LogP contribution is 2.36. The minimum atomic E-state index is 0.451. The minimum Gasteiger partial charge on any atom is -0.317 e. The van der Waals surface area contributed by atoms with Crippen molar-refractivity contribution >= 4 is 0 Å². The summed E-state index contributed by atoms with van der Waals surface area (Å²) in [5, 5.41) is 3.44. The Morgan fingerprint density at radius 1 is 0.955 bits per heavy atom. The smallest absolute Gasteiger partial charge is 0.00244 e. The molecule has 0 radical (unpaired) electrons. The summed E-state index contributed by atoms with van der Waals surface area (Å²) in [6.45, 7) is 11.6. The van der Waals surface area contributed by atoms with E-state index in [-0.39, 0.29) is 0 Å². The van der Waals surface area contributed by atoms with Gasteiger partial charge in [0.2, 0.25) is 0 Å². The Labute approximate surface area is 138 Å². The average Bonchev–Trinajstić information content (AvgIpc) is 2.57. The van der Waals surface area contributed by atoms with Crippen LogP contribution >= 0.6 is 0 Å². The lowest BCUT2D eigenvalue weighted by atomic mass is 9.71. The molecule has 0 aliphatic carbocycles. The molecule has 0 atom stereocenters. The van der Waals surface area contributed by atoms with Gasteiger partial charge in [-0.3, -0.25) is 0 Å². The molecular weight excluding hydrogens is 268 g/mol. The van der Waals surface area contributed by atoms with Crippen molar-refractivity contribution in [2.24, 2.45) is 0 Å². The van der Waals surface area contributed by atoms with Gasteiger partial charge in [0.25, 0.3) is 0 Å². The van der Waals surface area contributed by atoms with Crippen LogP contribution in [0.15, 0.2) is 30.3 Å². The van der Waals surface area contributed by atoms with E-state index in [1.54, 1.807) is 0 Å². The van der Waals surface area contributed by atoms with E-state index in [0.29, 0.717) is 5.41 Å². The van der Waals surface area contributed by atoms with E-state index < -0.39 is 0 Å². The normalized spacial score (nSPS) is 17.0. The lowest BCUT2D eigenvalue weighted by molar-refractivity contribution is 0.298. The van der Waals surface area contributed by atoms with Crippen molar-refractivity contribution in [2.45, 2.75) is 58.3 Å². The predicted octanol–water partition coefficient (Wildman–Crippen LogP) is 4.46. The molecule has 0 aromatic heterocycles. The summed E-state index contributed by atoms with van der Waals surface area (Å²) < 4.78 is 0. The first kappa shape index (κ1) is 19.2. The first-order valence-corrected chi connectivity index (χ1v) is 9.13. The number of nitrogens with one attached hydrogen (secondary N) is 1. The second-order valence-corrected chi connectivity index (χ2v) is 6.55. The highest BCUT2D eigenvalue weighted by Gasteiger charge is 2.31. The van der Waals surface area contributed by atoms with Gasteiger partial charge in [-0.2, -0.15) is 0 Å². The van der Waals surface area contributed by atoms with Crippen LogP contribution < -0.4 is 5.32 Å². The van der Waals surface area contributed by atoms with Gasteiger partial charge in [-0.25, -0.2) is 0 Å². The third-order valence-electron chi connectivity index (χ3n) is 4.83. The number of benzene rings is 1. The van der Waals surface area contributed by atoms with Crippen LogP contribution in [0.2, 0.25) is 0 Å². The molecule has 1 heterocycles. The van der Waals surface area contributed by atoms with E-state index in [9.17, 15) is 0 Å².